The van der Waals surface area contributed by atoms with Gasteiger partial charge in [0.05, 0.1) is 9.85 Å². The summed E-state index contributed by atoms with van der Waals surface area (Å²) in [5, 5.41) is 40.7. The predicted molar refractivity (Wildman–Crippen MR) is 342 cm³/mol. The Kier molecular flexibility index (Phi) is 31.1. The third-order valence-electron chi connectivity index (χ3n) is 14.8. The van der Waals surface area contributed by atoms with Crippen molar-refractivity contribution in [1.29, 1.82) is 0 Å². The van der Waals surface area contributed by atoms with Crippen LogP contribution in [0.2, 0.25) is 0 Å². The number of carbonyl (C=O) groups is 3. The Bertz CT molecular complexity index is 3930. The summed E-state index contributed by atoms with van der Waals surface area (Å²) in [4.78, 5) is 55.5. The predicted octanol–water partition coefficient (Wildman–Crippen LogP) is 12.2. The minimum atomic E-state index is -4.28. The molecular weight excluding hydrogens is 1400 g/mol. The number of nitro benzene ring substituents is 2. The summed E-state index contributed by atoms with van der Waals surface area (Å²) in [6, 6.07) is 44.0. The molecule has 23 heteroatoms. The zero-order valence-electron chi connectivity index (χ0n) is 52.2. The molecule has 8 rings (SSSR count). The van der Waals surface area contributed by atoms with Crippen LogP contribution in [-0.4, -0.2) is 107 Å². The molecule has 0 aromatic heterocycles. The van der Waals surface area contributed by atoms with Crippen molar-refractivity contribution in [1.82, 2.24) is 24.6 Å². The van der Waals surface area contributed by atoms with Gasteiger partial charge in [0.1, 0.15) is 0 Å². The van der Waals surface area contributed by atoms with Gasteiger partial charge in [0.15, 0.2) is 9.79 Å². The quantitative estimate of drug-likeness (QED) is 0.0168. The monoisotopic (exact) mass is 1480 g/mol. The van der Waals surface area contributed by atoms with Crippen molar-refractivity contribution >= 4 is 92.1 Å². The molecule has 0 aliphatic rings. The molecule has 0 bridgehead atoms. The normalized spacial score (nSPS) is 11.5. The third kappa shape index (κ3) is 20.3. The number of nitrogens with one attached hydrogen (secondary N) is 3. The summed E-state index contributed by atoms with van der Waals surface area (Å²) < 4.78 is 58.8. The van der Waals surface area contributed by atoms with E-state index in [9.17, 15) is 51.4 Å². The van der Waals surface area contributed by atoms with Crippen molar-refractivity contribution in [2.75, 3.05) is 53.9 Å². The smallest absolute Gasteiger partial charge is 0.290 e. The molecule has 18 nitrogen and oxygen atoms in total. The average Bonchev–Trinajstić information content (AvgIpc) is 1.19. The number of unbranched alkanes of at least 4 members (excludes halogenated alkanes) is 1. The molecule has 89 heavy (non-hydrogen) atoms. The van der Waals surface area contributed by atoms with Gasteiger partial charge in [-0.3, -0.25) is 29.8 Å². The maximum Gasteiger partial charge on any atom is 0.290 e. The number of amides is 2. The van der Waals surface area contributed by atoms with Gasteiger partial charge in [0, 0.05) is 162 Å². The van der Waals surface area contributed by atoms with Gasteiger partial charge in [0.25, 0.3) is 23.2 Å². The summed E-state index contributed by atoms with van der Waals surface area (Å²) >= 11 is 0. The average molecular weight is 1480 g/mol. The van der Waals surface area contributed by atoms with Crippen LogP contribution >= 0.6 is 0 Å². The van der Waals surface area contributed by atoms with Crippen LogP contribution < -0.4 is 16.0 Å². The van der Waals surface area contributed by atoms with E-state index in [1.807, 2.05) is 83.1 Å². The minimum Gasteiger partial charge on any atom is -0.355 e. The Morgan fingerprint density at radius 3 is 1.11 bits per heavy atom. The molecule has 2 amide bonds. The topological polar surface area (TPSA) is 248 Å². The number of nitro groups is 2. The fourth-order valence-electron chi connectivity index (χ4n) is 10.6. The van der Waals surface area contributed by atoms with Crippen LogP contribution in [0.5, 0.6) is 0 Å². The molecule has 8 aromatic carbocycles. The van der Waals surface area contributed by atoms with E-state index in [4.69, 9.17) is 0 Å². The largest absolute Gasteiger partial charge is 0.355 e. The fourth-order valence-corrected chi connectivity index (χ4v) is 14.2. The molecule has 0 aliphatic heterocycles. The zero-order valence-corrected chi connectivity index (χ0v) is 62.3. The summed E-state index contributed by atoms with van der Waals surface area (Å²) in [7, 11) is -3.93. The van der Waals surface area contributed by atoms with E-state index in [0.717, 1.165) is 78.8 Å². The molecule has 0 heterocycles. The number of ketones is 1. The molecule has 0 spiro atoms. The van der Waals surface area contributed by atoms with Gasteiger partial charge in [-0.15, -0.1) is 0 Å². The molecule has 0 aliphatic carbocycles. The second kappa shape index (κ2) is 35.3. The van der Waals surface area contributed by atoms with Crippen LogP contribution in [-0.2, 0) is 136 Å². The van der Waals surface area contributed by atoms with E-state index in [1.54, 1.807) is 14.0 Å². The molecule has 8 aromatic rings. The minimum absolute atomic E-state index is 0. The van der Waals surface area contributed by atoms with Crippen LogP contribution in [0.25, 0.3) is 43.1 Å². The Labute approximate surface area is 598 Å². The molecule has 465 valence electrons. The molecule has 0 unspecified atom stereocenters. The number of rotatable bonds is 24. The summed E-state index contributed by atoms with van der Waals surface area (Å²) in [5.41, 5.74) is 0.0492. The second-order valence-corrected chi connectivity index (χ2v) is 26.5. The Hall–Kier alpha value is -4.83. The number of carbonyl (C=O) groups excluding carboxylic acids is 3. The molecular formula is C66H78N7O11S2Y3-. The van der Waals surface area contributed by atoms with Crippen LogP contribution in [0.4, 0.5) is 11.4 Å². The summed E-state index contributed by atoms with van der Waals surface area (Å²) in [6.45, 7) is 16.3. The van der Waals surface area contributed by atoms with Crippen molar-refractivity contribution in [3.05, 3.63) is 195 Å². The Balaban J connectivity index is 0.000000419. The molecule has 0 saturated carbocycles. The number of nitrogens with zero attached hydrogens (tertiary/aromatic N) is 4. The van der Waals surface area contributed by atoms with Crippen molar-refractivity contribution in [3.63, 3.8) is 0 Å². The number of Topliss-reactive ketones (excluding diaryl/α,β-unsaturated/α-hetero) is 1. The first-order valence-corrected chi connectivity index (χ1v) is 31.4. The van der Waals surface area contributed by atoms with Gasteiger partial charge >= 0.3 is 0 Å². The van der Waals surface area contributed by atoms with Gasteiger partial charge < -0.3 is 27.7 Å². The molecule has 0 fully saturated rings. The first-order valence-electron chi connectivity index (χ1n) is 28.5. The summed E-state index contributed by atoms with van der Waals surface area (Å²) in [5.74, 6) is -1.06. The zero-order chi connectivity index (χ0) is 63.1. The molecule has 3 radical (unpaired) electrons. The van der Waals surface area contributed by atoms with E-state index >= 15 is 0 Å². The first kappa shape index (κ1) is 78.4. The third-order valence-corrected chi connectivity index (χ3v) is 18.6. The molecule has 3 N–H and O–H groups in total. The van der Waals surface area contributed by atoms with Crippen molar-refractivity contribution in [2.24, 2.45) is 10.8 Å². The van der Waals surface area contributed by atoms with Gasteiger partial charge in [0.2, 0.25) is 20.0 Å². The maximum atomic E-state index is 14.1. The van der Waals surface area contributed by atoms with Gasteiger partial charge in [-0.1, -0.05) is 145 Å². The Morgan fingerprint density at radius 1 is 0.517 bits per heavy atom. The van der Waals surface area contributed by atoms with Crippen molar-refractivity contribution in [3.8, 4) is 0 Å². The van der Waals surface area contributed by atoms with Gasteiger partial charge in [-0.25, -0.2) is 16.8 Å². The van der Waals surface area contributed by atoms with Gasteiger partial charge in [-0.2, -0.15) is 8.61 Å². The number of hydrogen-bond donors (Lipinski definition) is 3. The van der Waals surface area contributed by atoms with E-state index in [2.05, 4.69) is 83.5 Å². The fraction of sp³-hybridized carbons (Fsp3) is 0.333. The second-order valence-electron chi connectivity index (χ2n) is 22.7. The van der Waals surface area contributed by atoms with Crippen molar-refractivity contribution < 1.29 is 139 Å². The number of fused-ring (bicyclic) bond motifs is 4. The molecule has 0 atom stereocenters. The number of hydrogen-bond acceptors (Lipinski definition) is 12. The van der Waals surface area contributed by atoms with Crippen LogP contribution in [0.1, 0.15) is 99.1 Å². The van der Waals surface area contributed by atoms with Crippen LogP contribution in [0, 0.1) is 38.0 Å². The maximum absolute atomic E-state index is 14.1. The van der Waals surface area contributed by atoms with Gasteiger partial charge in [-0.05, 0) is 153 Å². The first-order chi connectivity index (χ1) is 40.7. The van der Waals surface area contributed by atoms with E-state index in [0.29, 0.717) is 38.6 Å². The Morgan fingerprint density at radius 2 is 0.831 bits per heavy atom. The summed E-state index contributed by atoms with van der Waals surface area (Å²) in [6.07, 6.45) is 3.64. The van der Waals surface area contributed by atoms with Crippen LogP contribution in [0.3, 0.4) is 0 Å². The molecule has 0 saturated heterocycles. The van der Waals surface area contributed by atoms with E-state index in [-0.39, 0.29) is 141 Å². The van der Waals surface area contributed by atoms with E-state index in [1.165, 1.54) is 40.9 Å². The van der Waals surface area contributed by atoms with Crippen LogP contribution in [0.15, 0.2) is 155 Å². The van der Waals surface area contributed by atoms with Crippen molar-refractivity contribution in [2.45, 2.75) is 89.9 Å². The number of sulfonamides is 2. The standard InChI is InChI=1S/C31H36N4O5S.C31H35N3O5S.C4H7O.3Y/c1-31(2,20-27-25-12-7-5-10-22(25)18-23-11-6-8-13-26(23)27)21-34(17-9-16-32-3)41(39,40)29-15-14-24(30(36)33-4)19-28(29)35(37)38;1-5-6-17-33(40(38,39)29-16-15-24(30(35)32-4)19-28(29)34(36)37)21-31(2,3)20-27-25-13-9-7-11-22(25)18-23-12-8-10-14-26(23)27;1-3-4(2)5;;;/h5-8,10-15,18-19,32H,9,16-17,20-21H2,1-4H3,(H,33,36);7-16,18-19H,5-6,17,20-21H2,1-4H3,(H,32,35);2-3H2,1H3;;;/q;;-1;;;. The number of benzene rings is 8. The SMILES string of the molecule is CCCCN(CC(C)(C)Cc1c2ccccc2cc2ccccc12)S(=O)(=O)c1ccc(C(=O)NC)cc1[N+](=O)[O-].CNCCCN(CC(C)(C)Cc1c2ccccc2cc2ccccc12)S(=O)(=O)c1ccc(C(=O)NC)cc1[N+](=O)[O-].[CH2-]C(=O)CC.[Y].[Y].[Y]. The van der Waals surface area contributed by atoms with E-state index < -0.39 is 73.7 Å².